The summed E-state index contributed by atoms with van der Waals surface area (Å²) in [5.74, 6) is 1.37. The van der Waals surface area contributed by atoms with Crippen molar-refractivity contribution in [2.75, 3.05) is 0 Å². The molecular formula is C48H34N2O2. The predicted octanol–water partition coefficient (Wildman–Crippen LogP) is 13.4. The molecule has 248 valence electrons. The van der Waals surface area contributed by atoms with Crippen molar-refractivity contribution in [2.24, 2.45) is 0 Å². The zero-order valence-corrected chi connectivity index (χ0v) is 29.4. The van der Waals surface area contributed by atoms with E-state index in [1.54, 1.807) is 0 Å². The van der Waals surface area contributed by atoms with E-state index in [0.717, 1.165) is 54.9 Å². The van der Waals surface area contributed by atoms with E-state index >= 15 is 0 Å². The molecule has 11 rings (SSSR count). The van der Waals surface area contributed by atoms with Crippen molar-refractivity contribution >= 4 is 76.1 Å². The molecule has 0 aliphatic rings. The first kappa shape index (κ1) is 30.3. The first-order chi connectivity index (χ1) is 25.4. The lowest BCUT2D eigenvalue weighted by molar-refractivity contribution is 0.622. The maximum Gasteiger partial charge on any atom is 0.227 e. The molecule has 4 nitrogen and oxygen atoms in total. The summed E-state index contributed by atoms with van der Waals surface area (Å²) in [5, 5.41) is 12.0. The van der Waals surface area contributed by atoms with Crippen molar-refractivity contribution in [3.63, 3.8) is 0 Å². The van der Waals surface area contributed by atoms with Gasteiger partial charge < -0.3 is 8.83 Å². The Balaban J connectivity index is 0.000000131. The fraction of sp³-hybridized carbons (Fsp3) is 0.0833. The van der Waals surface area contributed by atoms with E-state index in [4.69, 9.17) is 18.8 Å². The topological polar surface area (TPSA) is 52.1 Å². The SMILES string of the molecule is Cc1cc(C)cc(-c2nc3c4cccc5ccc6cccc(c3o2)c6c54)c1.Cc1cc(C)cc(-c2nc3c4ccccc4c4ccccc4c3o2)c1. The molecule has 0 spiro atoms. The molecule has 0 aliphatic carbocycles. The van der Waals surface area contributed by atoms with Gasteiger partial charge in [-0.05, 0) is 78.9 Å². The molecule has 0 amide bonds. The largest absolute Gasteiger partial charge is 0.435 e. The minimum atomic E-state index is 0.684. The van der Waals surface area contributed by atoms with E-state index in [1.165, 1.54) is 54.6 Å². The number of rotatable bonds is 2. The van der Waals surface area contributed by atoms with E-state index in [0.29, 0.717) is 11.8 Å². The van der Waals surface area contributed by atoms with Gasteiger partial charge in [-0.2, -0.15) is 0 Å². The number of fused-ring (bicyclic) bond motifs is 9. The number of aromatic nitrogens is 2. The van der Waals surface area contributed by atoms with Crippen molar-refractivity contribution in [2.45, 2.75) is 27.7 Å². The van der Waals surface area contributed by atoms with Gasteiger partial charge in [-0.25, -0.2) is 9.97 Å². The normalized spacial score (nSPS) is 11.8. The van der Waals surface area contributed by atoms with Crippen LogP contribution in [0.25, 0.3) is 99.0 Å². The van der Waals surface area contributed by atoms with Crippen molar-refractivity contribution in [1.29, 1.82) is 0 Å². The molecule has 0 bridgehead atoms. The predicted molar refractivity (Wildman–Crippen MR) is 217 cm³/mol. The third-order valence-electron chi connectivity index (χ3n) is 10.2. The van der Waals surface area contributed by atoms with Crippen LogP contribution in [-0.4, -0.2) is 9.97 Å². The van der Waals surface area contributed by atoms with E-state index in [-0.39, 0.29) is 0 Å². The van der Waals surface area contributed by atoms with Crippen LogP contribution in [0, 0.1) is 27.7 Å². The van der Waals surface area contributed by atoms with Gasteiger partial charge in [-0.3, -0.25) is 0 Å². The molecule has 2 heterocycles. The average molecular weight is 671 g/mol. The Hall–Kier alpha value is -6.52. The zero-order chi connectivity index (χ0) is 35.1. The minimum absolute atomic E-state index is 0.684. The summed E-state index contributed by atoms with van der Waals surface area (Å²) in [6, 6.07) is 46.9. The van der Waals surface area contributed by atoms with Gasteiger partial charge in [-0.15, -0.1) is 0 Å². The second kappa shape index (κ2) is 11.5. The van der Waals surface area contributed by atoms with Gasteiger partial charge in [0.25, 0.3) is 0 Å². The van der Waals surface area contributed by atoms with Gasteiger partial charge in [0.1, 0.15) is 11.0 Å². The highest BCUT2D eigenvalue weighted by molar-refractivity contribution is 6.32. The summed E-state index contributed by atoms with van der Waals surface area (Å²) in [7, 11) is 0. The van der Waals surface area contributed by atoms with Crippen LogP contribution in [0.1, 0.15) is 22.3 Å². The lowest BCUT2D eigenvalue weighted by Crippen LogP contribution is -1.85. The first-order valence-corrected chi connectivity index (χ1v) is 17.7. The molecule has 0 fully saturated rings. The molecule has 9 aromatic carbocycles. The standard InChI is InChI=1S/C25H17NO.C23H17NO/c1-14-11-15(2)13-18(12-14)25-26-23-19-7-3-5-16-9-10-17-6-4-8-20(24(23)27-25)22(17)21(16)19;1-14-11-15(2)13-16(12-14)23-24-21-19-9-5-3-7-17(19)18-8-4-6-10-20(18)22(21)25-23/h3-13H,1-2H3;3-13H,1-2H3. The summed E-state index contributed by atoms with van der Waals surface area (Å²) in [6.45, 7) is 8.42. The number of hydrogen-bond donors (Lipinski definition) is 0. The van der Waals surface area contributed by atoms with Crippen LogP contribution in [-0.2, 0) is 0 Å². The molecule has 4 heteroatoms. The van der Waals surface area contributed by atoms with Gasteiger partial charge in [0, 0.05) is 38.1 Å². The molecule has 0 saturated heterocycles. The molecule has 0 radical (unpaired) electrons. The second-order valence-corrected chi connectivity index (χ2v) is 14.1. The Bertz CT molecular complexity index is 2980. The molecule has 0 N–H and O–H groups in total. The lowest BCUT2D eigenvalue weighted by atomic mass is 9.93. The first-order valence-electron chi connectivity index (χ1n) is 17.7. The Morgan fingerprint density at radius 1 is 0.365 bits per heavy atom. The van der Waals surface area contributed by atoms with Gasteiger partial charge in [0.05, 0.1) is 0 Å². The second-order valence-electron chi connectivity index (χ2n) is 14.1. The Kier molecular flexibility index (Phi) is 6.71. The minimum Gasteiger partial charge on any atom is -0.435 e. The fourth-order valence-corrected chi connectivity index (χ4v) is 8.20. The Morgan fingerprint density at radius 3 is 1.33 bits per heavy atom. The molecule has 0 saturated carbocycles. The van der Waals surface area contributed by atoms with Crippen LogP contribution < -0.4 is 0 Å². The molecule has 11 aromatic rings. The van der Waals surface area contributed by atoms with Crippen molar-refractivity contribution in [1.82, 2.24) is 9.97 Å². The maximum atomic E-state index is 6.37. The van der Waals surface area contributed by atoms with Crippen LogP contribution in [0.4, 0.5) is 0 Å². The molecule has 0 unspecified atom stereocenters. The Labute approximate surface area is 300 Å². The number of oxazole rings is 2. The smallest absolute Gasteiger partial charge is 0.227 e. The fourth-order valence-electron chi connectivity index (χ4n) is 8.20. The highest BCUT2D eigenvalue weighted by Gasteiger charge is 2.19. The van der Waals surface area contributed by atoms with Crippen molar-refractivity contribution in [3.8, 4) is 22.9 Å². The third-order valence-corrected chi connectivity index (χ3v) is 10.2. The van der Waals surface area contributed by atoms with Gasteiger partial charge in [-0.1, -0.05) is 131 Å². The van der Waals surface area contributed by atoms with E-state index in [1.807, 2.05) is 0 Å². The van der Waals surface area contributed by atoms with Crippen LogP contribution in [0.2, 0.25) is 0 Å². The third kappa shape index (κ3) is 4.75. The van der Waals surface area contributed by atoms with Crippen molar-refractivity contribution < 1.29 is 8.83 Å². The summed E-state index contributed by atoms with van der Waals surface area (Å²) < 4.78 is 12.6. The average Bonchev–Trinajstić information content (AvgIpc) is 3.81. The van der Waals surface area contributed by atoms with Crippen LogP contribution in [0.3, 0.4) is 0 Å². The van der Waals surface area contributed by atoms with E-state index in [9.17, 15) is 0 Å². The van der Waals surface area contributed by atoms with E-state index in [2.05, 4.69) is 161 Å². The maximum absolute atomic E-state index is 6.37. The molecule has 2 aromatic heterocycles. The Morgan fingerprint density at radius 2 is 0.769 bits per heavy atom. The number of aryl methyl sites for hydroxylation is 4. The number of nitrogens with zero attached hydrogens (tertiary/aromatic N) is 2. The van der Waals surface area contributed by atoms with Gasteiger partial charge in [0.15, 0.2) is 11.2 Å². The summed E-state index contributed by atoms with van der Waals surface area (Å²) in [4.78, 5) is 9.82. The highest BCUT2D eigenvalue weighted by Crippen LogP contribution is 2.42. The van der Waals surface area contributed by atoms with Crippen LogP contribution in [0.5, 0.6) is 0 Å². The highest BCUT2D eigenvalue weighted by atomic mass is 16.4. The lowest BCUT2D eigenvalue weighted by Gasteiger charge is -2.10. The number of hydrogen-bond acceptors (Lipinski definition) is 4. The van der Waals surface area contributed by atoms with Gasteiger partial charge in [0.2, 0.25) is 11.8 Å². The zero-order valence-electron chi connectivity index (χ0n) is 29.4. The van der Waals surface area contributed by atoms with Crippen molar-refractivity contribution in [3.05, 3.63) is 156 Å². The molecule has 52 heavy (non-hydrogen) atoms. The molecule has 0 aliphatic heterocycles. The molecule has 0 atom stereocenters. The van der Waals surface area contributed by atoms with Gasteiger partial charge >= 0.3 is 0 Å². The van der Waals surface area contributed by atoms with E-state index < -0.39 is 0 Å². The quantitative estimate of drug-likeness (QED) is 0.172. The summed E-state index contributed by atoms with van der Waals surface area (Å²) >= 11 is 0. The van der Waals surface area contributed by atoms with Crippen LogP contribution >= 0.6 is 0 Å². The molecular weight excluding hydrogens is 637 g/mol. The number of benzene rings is 9. The summed E-state index contributed by atoms with van der Waals surface area (Å²) in [5.41, 5.74) is 10.5. The van der Waals surface area contributed by atoms with Crippen LogP contribution in [0.15, 0.2) is 142 Å². The monoisotopic (exact) mass is 670 g/mol. The summed E-state index contributed by atoms with van der Waals surface area (Å²) in [6.07, 6.45) is 0.